The van der Waals surface area contributed by atoms with E-state index in [0.717, 1.165) is 49.4 Å². The summed E-state index contributed by atoms with van der Waals surface area (Å²) in [6.45, 7) is 1.54. The fourth-order valence-corrected chi connectivity index (χ4v) is 4.71. The van der Waals surface area contributed by atoms with Gasteiger partial charge in [-0.05, 0) is 68.2 Å². The predicted molar refractivity (Wildman–Crippen MR) is 114 cm³/mol. The molecule has 2 fully saturated rings. The molecule has 6 heteroatoms. The molecule has 1 aromatic heterocycles. The van der Waals surface area contributed by atoms with Gasteiger partial charge in [-0.1, -0.05) is 29.8 Å². The number of hydrogen-bond donors (Lipinski definition) is 2. The van der Waals surface area contributed by atoms with Gasteiger partial charge in [0.1, 0.15) is 0 Å². The molecule has 4 rings (SSSR count). The van der Waals surface area contributed by atoms with E-state index < -0.39 is 5.60 Å². The Morgan fingerprint density at radius 3 is 2.41 bits per heavy atom. The number of aromatic nitrogens is 1. The summed E-state index contributed by atoms with van der Waals surface area (Å²) < 4.78 is 0. The Morgan fingerprint density at radius 1 is 1.10 bits per heavy atom. The zero-order chi connectivity index (χ0) is 20.3. The van der Waals surface area contributed by atoms with Crippen molar-refractivity contribution >= 4 is 17.6 Å². The van der Waals surface area contributed by atoms with Gasteiger partial charge in [0, 0.05) is 42.1 Å². The molecule has 29 heavy (non-hydrogen) atoms. The first-order valence-electron chi connectivity index (χ1n) is 10.5. The fraction of sp³-hybridized carbons (Fsp3) is 0.478. The zero-order valence-electron chi connectivity index (χ0n) is 16.6. The standard InChI is InChI=1S/C23H28ClN3O2/c24-20-5-3-17(4-6-20)18-9-14-27(15-10-18)22(28)26-21-7-11-23(29,12-8-21)19-2-1-13-25-16-19/h1-6,13,16,18,21,29H,7-12,14-15H2,(H,26,28). The largest absolute Gasteiger partial charge is 0.385 e. The molecule has 2 heterocycles. The molecule has 1 aliphatic carbocycles. The molecular weight excluding hydrogens is 386 g/mol. The van der Waals surface area contributed by atoms with Crippen molar-refractivity contribution in [1.29, 1.82) is 0 Å². The first-order chi connectivity index (χ1) is 14.0. The van der Waals surface area contributed by atoms with E-state index in [2.05, 4.69) is 22.4 Å². The van der Waals surface area contributed by atoms with Crippen LogP contribution in [0.4, 0.5) is 4.79 Å². The van der Waals surface area contributed by atoms with Gasteiger partial charge in [0.15, 0.2) is 0 Å². The molecule has 1 saturated carbocycles. The number of hydrogen-bond acceptors (Lipinski definition) is 3. The third-order valence-electron chi connectivity index (χ3n) is 6.46. The van der Waals surface area contributed by atoms with Gasteiger partial charge in [-0.3, -0.25) is 4.98 Å². The van der Waals surface area contributed by atoms with Gasteiger partial charge in [0.05, 0.1) is 5.60 Å². The average molecular weight is 414 g/mol. The maximum atomic E-state index is 12.7. The Morgan fingerprint density at radius 2 is 1.79 bits per heavy atom. The summed E-state index contributed by atoms with van der Waals surface area (Å²) in [7, 11) is 0. The SMILES string of the molecule is O=C(NC1CCC(O)(c2cccnc2)CC1)N1CCC(c2ccc(Cl)cc2)CC1. The van der Waals surface area contributed by atoms with Gasteiger partial charge in [0.25, 0.3) is 0 Å². The van der Waals surface area contributed by atoms with Crippen LogP contribution in [-0.4, -0.2) is 40.2 Å². The highest BCUT2D eigenvalue weighted by Gasteiger charge is 2.36. The quantitative estimate of drug-likeness (QED) is 0.780. The highest BCUT2D eigenvalue weighted by Crippen LogP contribution is 2.37. The number of urea groups is 1. The third-order valence-corrected chi connectivity index (χ3v) is 6.71. The average Bonchev–Trinajstić information content (AvgIpc) is 2.77. The van der Waals surface area contributed by atoms with E-state index in [4.69, 9.17) is 11.6 Å². The molecule has 0 unspecified atom stereocenters. The number of pyridine rings is 1. The number of nitrogens with zero attached hydrogens (tertiary/aromatic N) is 2. The minimum atomic E-state index is -0.827. The number of piperidine rings is 1. The van der Waals surface area contributed by atoms with Crippen LogP contribution in [0.5, 0.6) is 0 Å². The molecule has 1 aliphatic heterocycles. The monoisotopic (exact) mass is 413 g/mol. The van der Waals surface area contributed by atoms with E-state index in [-0.39, 0.29) is 12.1 Å². The van der Waals surface area contributed by atoms with Gasteiger partial charge in [-0.2, -0.15) is 0 Å². The van der Waals surface area contributed by atoms with E-state index in [1.807, 2.05) is 29.2 Å². The second-order valence-corrected chi connectivity index (χ2v) is 8.75. The van der Waals surface area contributed by atoms with E-state index >= 15 is 0 Å². The summed E-state index contributed by atoms with van der Waals surface area (Å²) >= 11 is 5.98. The lowest BCUT2D eigenvalue weighted by molar-refractivity contribution is -0.00809. The lowest BCUT2D eigenvalue weighted by Gasteiger charge is -2.38. The number of benzene rings is 1. The van der Waals surface area contributed by atoms with Gasteiger partial charge >= 0.3 is 6.03 Å². The van der Waals surface area contributed by atoms with Crippen molar-refractivity contribution in [2.45, 2.75) is 56.1 Å². The Labute approximate surface area is 177 Å². The number of aliphatic hydroxyl groups is 1. The van der Waals surface area contributed by atoms with Crippen LogP contribution < -0.4 is 5.32 Å². The molecule has 1 aromatic carbocycles. The molecule has 154 valence electrons. The number of carbonyl (C=O) groups excluding carboxylic acids is 1. The van der Waals surface area contributed by atoms with E-state index in [9.17, 15) is 9.90 Å². The van der Waals surface area contributed by atoms with E-state index in [1.165, 1.54) is 5.56 Å². The molecule has 0 bridgehead atoms. The van der Waals surface area contributed by atoms with Crippen LogP contribution in [-0.2, 0) is 5.60 Å². The second kappa shape index (κ2) is 8.72. The van der Waals surface area contributed by atoms with Crippen molar-refractivity contribution in [2.24, 2.45) is 0 Å². The maximum absolute atomic E-state index is 12.7. The number of carbonyl (C=O) groups is 1. The lowest BCUT2D eigenvalue weighted by atomic mass is 9.78. The summed E-state index contributed by atoms with van der Waals surface area (Å²) in [6.07, 6.45) is 8.24. The number of likely N-dealkylation sites (tertiary alicyclic amines) is 1. The molecule has 2 amide bonds. The minimum Gasteiger partial charge on any atom is -0.385 e. The number of halogens is 1. The van der Waals surface area contributed by atoms with Crippen LogP contribution in [0.1, 0.15) is 55.6 Å². The molecule has 1 saturated heterocycles. The highest BCUT2D eigenvalue weighted by atomic mass is 35.5. The van der Waals surface area contributed by atoms with Crippen LogP contribution >= 0.6 is 11.6 Å². The number of nitrogens with one attached hydrogen (secondary N) is 1. The maximum Gasteiger partial charge on any atom is 0.317 e. The van der Waals surface area contributed by atoms with E-state index in [0.29, 0.717) is 18.8 Å². The van der Waals surface area contributed by atoms with Crippen LogP contribution in [0.25, 0.3) is 0 Å². The fourth-order valence-electron chi connectivity index (χ4n) is 4.58. The molecule has 0 spiro atoms. The summed E-state index contributed by atoms with van der Waals surface area (Å²) in [5.41, 5.74) is 1.34. The topological polar surface area (TPSA) is 65.5 Å². The molecule has 2 N–H and O–H groups in total. The molecule has 2 aliphatic rings. The lowest BCUT2D eigenvalue weighted by Crippen LogP contribution is -2.49. The smallest absolute Gasteiger partial charge is 0.317 e. The molecule has 5 nitrogen and oxygen atoms in total. The highest BCUT2D eigenvalue weighted by molar-refractivity contribution is 6.30. The number of rotatable bonds is 3. The van der Waals surface area contributed by atoms with Crippen molar-refractivity contribution in [3.8, 4) is 0 Å². The van der Waals surface area contributed by atoms with Crippen molar-refractivity contribution in [2.75, 3.05) is 13.1 Å². The van der Waals surface area contributed by atoms with Crippen molar-refractivity contribution in [3.63, 3.8) is 0 Å². The summed E-state index contributed by atoms with van der Waals surface area (Å²) in [4.78, 5) is 18.8. The van der Waals surface area contributed by atoms with Crippen LogP contribution in [0.15, 0.2) is 48.8 Å². The zero-order valence-corrected chi connectivity index (χ0v) is 17.3. The van der Waals surface area contributed by atoms with Crippen molar-refractivity contribution in [1.82, 2.24) is 15.2 Å². The molecule has 0 radical (unpaired) electrons. The summed E-state index contributed by atoms with van der Waals surface area (Å²) in [6, 6.07) is 12.0. The van der Waals surface area contributed by atoms with Crippen LogP contribution in [0.3, 0.4) is 0 Å². The van der Waals surface area contributed by atoms with E-state index in [1.54, 1.807) is 12.4 Å². The Balaban J connectivity index is 1.25. The normalized spacial score (nSPS) is 25.6. The van der Waals surface area contributed by atoms with Gasteiger partial charge in [0.2, 0.25) is 0 Å². The molecular formula is C23H28ClN3O2. The predicted octanol–water partition coefficient (Wildman–Crippen LogP) is 4.45. The Hall–Kier alpha value is -2.11. The van der Waals surface area contributed by atoms with Crippen molar-refractivity contribution in [3.05, 3.63) is 64.9 Å². The van der Waals surface area contributed by atoms with Gasteiger partial charge in [-0.15, -0.1) is 0 Å². The van der Waals surface area contributed by atoms with Crippen molar-refractivity contribution < 1.29 is 9.90 Å². The minimum absolute atomic E-state index is 0.0244. The van der Waals surface area contributed by atoms with Crippen LogP contribution in [0, 0.1) is 0 Å². The summed E-state index contributed by atoms with van der Waals surface area (Å²) in [5.74, 6) is 0.487. The van der Waals surface area contributed by atoms with Gasteiger partial charge < -0.3 is 15.3 Å². The van der Waals surface area contributed by atoms with Crippen LogP contribution in [0.2, 0.25) is 5.02 Å². The Kier molecular flexibility index (Phi) is 6.07. The molecule has 0 atom stereocenters. The van der Waals surface area contributed by atoms with Gasteiger partial charge in [-0.25, -0.2) is 4.79 Å². The third kappa shape index (κ3) is 4.73. The summed E-state index contributed by atoms with van der Waals surface area (Å²) in [5, 5.41) is 14.9. The first-order valence-corrected chi connectivity index (χ1v) is 10.8. The second-order valence-electron chi connectivity index (χ2n) is 8.31. The number of amides is 2. The Bertz CT molecular complexity index is 812. The molecule has 2 aromatic rings. The first kappa shape index (κ1) is 20.2.